The van der Waals surface area contributed by atoms with Crippen molar-refractivity contribution in [2.24, 2.45) is 0 Å². The van der Waals surface area contributed by atoms with Gasteiger partial charge in [-0.15, -0.1) is 22.7 Å². The number of hydrogen-bond donors (Lipinski definition) is 1. The fraction of sp³-hybridized carbons (Fsp3) is 0.188. The summed E-state index contributed by atoms with van der Waals surface area (Å²) in [5.74, 6) is -0.494. The maximum Gasteiger partial charge on any atom is 0.263 e. The van der Waals surface area contributed by atoms with Gasteiger partial charge < -0.3 is 0 Å². The van der Waals surface area contributed by atoms with Gasteiger partial charge in [-0.2, -0.15) is 0 Å². The Bertz CT molecular complexity index is 987. The van der Waals surface area contributed by atoms with E-state index in [0.29, 0.717) is 4.88 Å². The maximum absolute atomic E-state index is 13.3. The first-order chi connectivity index (χ1) is 11.3. The average molecular weight is 383 g/mol. The van der Waals surface area contributed by atoms with Crippen molar-refractivity contribution in [1.82, 2.24) is 4.98 Å². The molecule has 8 heteroatoms. The van der Waals surface area contributed by atoms with E-state index in [-0.39, 0.29) is 10.6 Å². The summed E-state index contributed by atoms with van der Waals surface area (Å²) < 4.78 is 40.9. The van der Waals surface area contributed by atoms with Crippen LogP contribution in [0.5, 0.6) is 0 Å². The van der Waals surface area contributed by atoms with Crippen molar-refractivity contribution in [1.29, 1.82) is 0 Å². The molecule has 0 atom stereocenters. The molecule has 3 aromatic rings. The molecule has 1 aromatic carbocycles. The number of aromatic nitrogens is 1. The van der Waals surface area contributed by atoms with E-state index in [2.05, 4.69) is 9.71 Å². The highest BCUT2D eigenvalue weighted by molar-refractivity contribution is 7.93. The zero-order valence-electron chi connectivity index (χ0n) is 13.3. The Kier molecular flexibility index (Phi) is 4.46. The van der Waals surface area contributed by atoms with Gasteiger partial charge in [-0.3, -0.25) is 4.72 Å². The fourth-order valence-electron chi connectivity index (χ4n) is 2.18. The maximum atomic E-state index is 13.3. The van der Waals surface area contributed by atoms with Crippen molar-refractivity contribution in [3.63, 3.8) is 0 Å². The predicted octanol–water partition coefficient (Wildman–Crippen LogP) is 4.74. The van der Waals surface area contributed by atoms with Crippen molar-refractivity contribution in [2.75, 3.05) is 4.72 Å². The van der Waals surface area contributed by atoms with Crippen LogP contribution >= 0.6 is 22.7 Å². The van der Waals surface area contributed by atoms with Crippen LogP contribution in [0.3, 0.4) is 0 Å². The standard InChI is InChI=1S/C16H15FN2O2S3/c1-9-10(2)23-16(18-9)14-8-15(11(3)22-14)24(20,21)19-13-6-4-5-12(17)7-13/h4-8,19H,1-3H3. The minimum Gasteiger partial charge on any atom is -0.279 e. The monoisotopic (exact) mass is 382 g/mol. The Hall–Kier alpha value is -1.77. The number of thiazole rings is 1. The van der Waals surface area contributed by atoms with Crippen LogP contribution in [-0.2, 0) is 10.0 Å². The molecule has 0 unspecified atom stereocenters. The number of hydrogen-bond acceptors (Lipinski definition) is 5. The van der Waals surface area contributed by atoms with Crippen LogP contribution < -0.4 is 4.72 Å². The van der Waals surface area contributed by atoms with Gasteiger partial charge in [0.1, 0.15) is 15.7 Å². The molecule has 0 aliphatic rings. The third-order valence-corrected chi connectivity index (χ3v) is 7.41. The van der Waals surface area contributed by atoms with Crippen LogP contribution in [0.25, 0.3) is 9.88 Å². The van der Waals surface area contributed by atoms with Crippen molar-refractivity contribution in [2.45, 2.75) is 25.7 Å². The second-order valence-electron chi connectivity index (χ2n) is 5.31. The molecule has 1 N–H and O–H groups in total. The van der Waals surface area contributed by atoms with Crippen LogP contribution in [0, 0.1) is 26.6 Å². The van der Waals surface area contributed by atoms with Crippen molar-refractivity contribution in [3.05, 3.63) is 51.6 Å². The highest BCUT2D eigenvalue weighted by atomic mass is 32.2. The second kappa shape index (κ2) is 6.27. The first-order valence-electron chi connectivity index (χ1n) is 7.09. The number of aryl methyl sites for hydroxylation is 3. The number of sulfonamides is 1. The first-order valence-corrected chi connectivity index (χ1v) is 10.2. The van der Waals surface area contributed by atoms with Crippen LogP contribution in [0.2, 0.25) is 0 Å². The summed E-state index contributed by atoms with van der Waals surface area (Å²) in [7, 11) is -3.78. The highest BCUT2D eigenvalue weighted by Crippen LogP contribution is 2.37. The van der Waals surface area contributed by atoms with E-state index in [1.165, 1.54) is 29.5 Å². The normalized spacial score (nSPS) is 11.7. The van der Waals surface area contributed by atoms with E-state index >= 15 is 0 Å². The van der Waals surface area contributed by atoms with Gasteiger partial charge in [0, 0.05) is 9.75 Å². The number of rotatable bonds is 4. The lowest BCUT2D eigenvalue weighted by Crippen LogP contribution is -2.13. The van der Waals surface area contributed by atoms with Gasteiger partial charge >= 0.3 is 0 Å². The molecule has 0 fully saturated rings. The molecule has 0 radical (unpaired) electrons. The zero-order valence-corrected chi connectivity index (χ0v) is 15.7. The molecule has 126 valence electrons. The lowest BCUT2D eigenvalue weighted by atomic mass is 10.3. The molecular formula is C16H15FN2O2S3. The van der Waals surface area contributed by atoms with Gasteiger partial charge in [-0.25, -0.2) is 17.8 Å². The smallest absolute Gasteiger partial charge is 0.263 e. The van der Waals surface area contributed by atoms with E-state index in [4.69, 9.17) is 0 Å². The van der Waals surface area contributed by atoms with Crippen LogP contribution in [0.1, 0.15) is 15.4 Å². The molecule has 2 aromatic heterocycles. The van der Waals surface area contributed by atoms with E-state index in [1.54, 1.807) is 24.3 Å². The summed E-state index contributed by atoms with van der Waals surface area (Å²) in [5, 5.41) is 0.810. The first kappa shape index (κ1) is 17.1. The number of thiophene rings is 1. The van der Waals surface area contributed by atoms with E-state index in [1.807, 2.05) is 13.8 Å². The molecule has 0 spiro atoms. The second-order valence-corrected chi connectivity index (χ2v) is 9.42. The Morgan fingerprint density at radius 3 is 2.46 bits per heavy atom. The number of nitrogens with zero attached hydrogens (tertiary/aromatic N) is 1. The lowest BCUT2D eigenvalue weighted by molar-refractivity contribution is 0.601. The van der Waals surface area contributed by atoms with Gasteiger partial charge in [0.15, 0.2) is 0 Å². The molecule has 3 rings (SSSR count). The highest BCUT2D eigenvalue weighted by Gasteiger charge is 2.22. The third-order valence-electron chi connectivity index (χ3n) is 3.48. The summed E-state index contributed by atoms with van der Waals surface area (Å²) in [4.78, 5) is 7.26. The summed E-state index contributed by atoms with van der Waals surface area (Å²) >= 11 is 2.93. The summed E-state index contributed by atoms with van der Waals surface area (Å²) in [6, 6.07) is 7.00. The summed E-state index contributed by atoms with van der Waals surface area (Å²) in [6.45, 7) is 5.67. The molecule has 0 saturated heterocycles. The van der Waals surface area contributed by atoms with Gasteiger partial charge in [0.05, 0.1) is 16.3 Å². The van der Waals surface area contributed by atoms with E-state index in [9.17, 15) is 12.8 Å². The largest absolute Gasteiger partial charge is 0.279 e. The van der Waals surface area contributed by atoms with Crippen LogP contribution in [0.4, 0.5) is 10.1 Å². The molecule has 2 heterocycles. The number of halogens is 1. The third kappa shape index (κ3) is 3.35. The molecule has 24 heavy (non-hydrogen) atoms. The van der Waals surface area contributed by atoms with Crippen LogP contribution in [0.15, 0.2) is 35.2 Å². The van der Waals surface area contributed by atoms with Gasteiger partial charge in [-0.1, -0.05) is 6.07 Å². The topological polar surface area (TPSA) is 59.1 Å². The molecule has 0 bridgehead atoms. The Morgan fingerprint density at radius 2 is 1.83 bits per heavy atom. The SMILES string of the molecule is Cc1nc(-c2cc(S(=O)(=O)Nc3cccc(F)c3)c(C)s2)sc1C. The van der Waals surface area contributed by atoms with Gasteiger partial charge in [0.25, 0.3) is 10.0 Å². The lowest BCUT2D eigenvalue weighted by Gasteiger charge is -2.07. The van der Waals surface area contributed by atoms with Gasteiger partial charge in [0.2, 0.25) is 0 Å². The molecule has 0 aliphatic carbocycles. The van der Waals surface area contributed by atoms with E-state index < -0.39 is 15.8 Å². The molecule has 0 aliphatic heterocycles. The minimum atomic E-state index is -3.78. The van der Waals surface area contributed by atoms with Crippen molar-refractivity contribution >= 4 is 38.4 Å². The molecular weight excluding hydrogens is 367 g/mol. The molecule has 0 amide bonds. The Morgan fingerprint density at radius 1 is 1.08 bits per heavy atom. The summed E-state index contributed by atoms with van der Waals surface area (Å²) in [6.07, 6.45) is 0. The Balaban J connectivity index is 1.96. The quantitative estimate of drug-likeness (QED) is 0.709. The van der Waals surface area contributed by atoms with Gasteiger partial charge in [-0.05, 0) is 45.0 Å². The average Bonchev–Trinajstić information content (AvgIpc) is 3.03. The number of benzene rings is 1. The molecule has 4 nitrogen and oxygen atoms in total. The van der Waals surface area contributed by atoms with E-state index in [0.717, 1.165) is 26.5 Å². The van der Waals surface area contributed by atoms with Crippen molar-refractivity contribution < 1.29 is 12.8 Å². The fourth-order valence-corrected chi connectivity index (χ4v) is 5.78. The Labute approximate surface area is 148 Å². The minimum absolute atomic E-state index is 0.192. The zero-order chi connectivity index (χ0) is 17.5. The predicted molar refractivity (Wildman–Crippen MR) is 96.8 cm³/mol. The van der Waals surface area contributed by atoms with Crippen molar-refractivity contribution in [3.8, 4) is 9.88 Å². The number of nitrogens with one attached hydrogen (secondary N) is 1. The van der Waals surface area contributed by atoms with Crippen LogP contribution in [-0.4, -0.2) is 13.4 Å². The molecule has 0 saturated carbocycles. The number of anilines is 1. The summed E-state index contributed by atoms with van der Waals surface area (Å²) in [5.41, 5.74) is 1.14.